The van der Waals surface area contributed by atoms with Crippen LogP contribution in [-0.2, 0) is 4.74 Å². The van der Waals surface area contributed by atoms with E-state index in [9.17, 15) is 19.7 Å². The Morgan fingerprint density at radius 2 is 2.20 bits per heavy atom. The summed E-state index contributed by atoms with van der Waals surface area (Å²) >= 11 is 0. The van der Waals surface area contributed by atoms with E-state index in [0.717, 1.165) is 6.07 Å². The van der Waals surface area contributed by atoms with Gasteiger partial charge in [-0.3, -0.25) is 14.9 Å². The monoisotopic (exact) mass is 344 g/mol. The van der Waals surface area contributed by atoms with Gasteiger partial charge in [0, 0.05) is 11.9 Å². The summed E-state index contributed by atoms with van der Waals surface area (Å²) in [6.45, 7) is 1.92. The molecule has 1 N–H and O–H groups in total. The number of rotatable bonds is 5. The van der Waals surface area contributed by atoms with Crippen LogP contribution >= 0.6 is 0 Å². The number of fused-ring (bicyclic) bond motifs is 1. The lowest BCUT2D eigenvalue weighted by Gasteiger charge is -2.05. The largest absolute Gasteiger partial charge is 0.462 e. The van der Waals surface area contributed by atoms with E-state index in [4.69, 9.17) is 9.15 Å². The van der Waals surface area contributed by atoms with Crippen molar-refractivity contribution in [3.63, 3.8) is 0 Å². The van der Waals surface area contributed by atoms with Gasteiger partial charge in [-0.15, -0.1) is 0 Å². The van der Waals surface area contributed by atoms with Crippen molar-refractivity contribution in [1.29, 1.82) is 0 Å². The number of furan rings is 1. The molecule has 1 amide bonds. The maximum absolute atomic E-state index is 12.1. The van der Waals surface area contributed by atoms with Crippen LogP contribution < -0.4 is 5.32 Å². The summed E-state index contributed by atoms with van der Waals surface area (Å²) in [5.74, 6) is -1.91. The third-order valence-corrected chi connectivity index (χ3v) is 3.27. The predicted molar refractivity (Wildman–Crippen MR) is 84.5 cm³/mol. The van der Waals surface area contributed by atoms with Crippen LogP contribution in [0.25, 0.3) is 5.52 Å². The molecule has 3 rings (SSSR count). The topological polar surface area (TPSA) is 129 Å². The number of ether oxygens (including phenoxy) is 1. The van der Waals surface area contributed by atoms with Crippen molar-refractivity contribution in [2.45, 2.75) is 6.92 Å². The lowest BCUT2D eigenvalue weighted by molar-refractivity contribution is -0.402. The van der Waals surface area contributed by atoms with Gasteiger partial charge >= 0.3 is 11.9 Å². The molecule has 0 bridgehead atoms. The van der Waals surface area contributed by atoms with Crippen molar-refractivity contribution in [3.8, 4) is 0 Å². The van der Waals surface area contributed by atoms with Crippen molar-refractivity contribution in [2.75, 3.05) is 11.9 Å². The molecule has 0 aliphatic carbocycles. The second-order valence-corrected chi connectivity index (χ2v) is 4.87. The van der Waals surface area contributed by atoms with Crippen LogP contribution in [0.5, 0.6) is 0 Å². The summed E-state index contributed by atoms with van der Waals surface area (Å²) in [6, 6.07) is 5.39. The van der Waals surface area contributed by atoms with Crippen LogP contribution in [0.2, 0.25) is 0 Å². The van der Waals surface area contributed by atoms with Crippen LogP contribution in [0.15, 0.2) is 41.1 Å². The zero-order chi connectivity index (χ0) is 18.0. The van der Waals surface area contributed by atoms with Crippen molar-refractivity contribution in [2.24, 2.45) is 0 Å². The first kappa shape index (κ1) is 16.2. The summed E-state index contributed by atoms with van der Waals surface area (Å²) in [6.07, 6.45) is 2.92. The molecule has 0 unspecified atom stereocenters. The molecule has 0 saturated heterocycles. The minimum atomic E-state index is -0.735. The van der Waals surface area contributed by atoms with Gasteiger partial charge in [0.05, 0.1) is 24.4 Å². The van der Waals surface area contributed by atoms with Gasteiger partial charge in [0.25, 0.3) is 5.91 Å². The average molecular weight is 344 g/mol. The Morgan fingerprint density at radius 3 is 2.88 bits per heavy atom. The Balaban J connectivity index is 1.85. The molecular weight excluding hydrogens is 332 g/mol. The SMILES string of the molecule is CCOC(=O)c1cnn2ccc(NC(=O)c3ccc([N+](=O)[O-])o3)cc12. The summed E-state index contributed by atoms with van der Waals surface area (Å²) < 4.78 is 11.3. The van der Waals surface area contributed by atoms with E-state index in [0.29, 0.717) is 11.2 Å². The average Bonchev–Trinajstić information content (AvgIpc) is 3.22. The summed E-state index contributed by atoms with van der Waals surface area (Å²) in [7, 11) is 0. The van der Waals surface area contributed by atoms with Gasteiger partial charge in [0.15, 0.2) is 5.76 Å². The minimum Gasteiger partial charge on any atom is -0.462 e. The zero-order valence-electron chi connectivity index (χ0n) is 13.0. The van der Waals surface area contributed by atoms with E-state index < -0.39 is 22.7 Å². The van der Waals surface area contributed by atoms with Crippen LogP contribution in [0, 0.1) is 10.1 Å². The van der Waals surface area contributed by atoms with E-state index in [-0.39, 0.29) is 17.9 Å². The number of hydrogen-bond acceptors (Lipinski definition) is 7. The molecule has 10 nitrogen and oxygen atoms in total. The smallest absolute Gasteiger partial charge is 0.433 e. The van der Waals surface area contributed by atoms with Gasteiger partial charge in [-0.1, -0.05) is 0 Å². The first-order valence-corrected chi connectivity index (χ1v) is 7.19. The van der Waals surface area contributed by atoms with Gasteiger partial charge in [-0.25, -0.2) is 9.31 Å². The minimum absolute atomic E-state index is 0.203. The first-order chi connectivity index (χ1) is 12.0. The van der Waals surface area contributed by atoms with E-state index >= 15 is 0 Å². The molecular formula is C15H12N4O6. The number of hydrogen-bond donors (Lipinski definition) is 1. The molecule has 3 heterocycles. The number of nitrogens with one attached hydrogen (secondary N) is 1. The number of carbonyl (C=O) groups excluding carboxylic acids is 2. The number of nitrogens with zero attached hydrogens (tertiary/aromatic N) is 3. The fraction of sp³-hybridized carbons (Fsp3) is 0.133. The summed E-state index contributed by atoms with van der Waals surface area (Å²) in [4.78, 5) is 33.9. The van der Waals surface area contributed by atoms with Gasteiger partial charge in [-0.2, -0.15) is 5.10 Å². The lowest BCUT2D eigenvalue weighted by Crippen LogP contribution is -2.11. The van der Waals surface area contributed by atoms with E-state index in [1.165, 1.54) is 22.8 Å². The summed E-state index contributed by atoms with van der Waals surface area (Å²) in [5, 5.41) is 17.2. The van der Waals surface area contributed by atoms with Crippen LogP contribution in [0.3, 0.4) is 0 Å². The Kier molecular flexibility index (Phi) is 4.16. The normalized spacial score (nSPS) is 10.6. The van der Waals surface area contributed by atoms with E-state index in [2.05, 4.69) is 10.4 Å². The third kappa shape index (κ3) is 3.17. The molecule has 0 aliphatic rings. The highest BCUT2D eigenvalue weighted by atomic mass is 16.6. The quantitative estimate of drug-likeness (QED) is 0.427. The van der Waals surface area contributed by atoms with Gasteiger partial charge in [0.2, 0.25) is 0 Å². The Labute approximate surface area is 140 Å². The molecule has 0 radical (unpaired) electrons. The van der Waals surface area contributed by atoms with Crippen molar-refractivity contribution in [1.82, 2.24) is 9.61 Å². The first-order valence-electron chi connectivity index (χ1n) is 7.19. The van der Waals surface area contributed by atoms with Crippen molar-refractivity contribution >= 4 is 29.0 Å². The second-order valence-electron chi connectivity index (χ2n) is 4.87. The number of anilines is 1. The number of amides is 1. The number of esters is 1. The standard InChI is InChI=1S/C15H12N4O6/c1-2-24-15(21)10-8-16-18-6-5-9(7-11(10)18)17-14(20)12-3-4-13(25-12)19(22)23/h3-8H,2H2,1H3,(H,17,20). The lowest BCUT2D eigenvalue weighted by atomic mass is 10.2. The number of aromatic nitrogens is 2. The van der Waals surface area contributed by atoms with Crippen LogP contribution in [-0.4, -0.2) is 33.0 Å². The highest BCUT2D eigenvalue weighted by molar-refractivity contribution is 6.03. The van der Waals surface area contributed by atoms with E-state index in [1.54, 1.807) is 19.2 Å². The van der Waals surface area contributed by atoms with Crippen molar-refractivity contribution in [3.05, 3.63) is 58.1 Å². The Hall–Kier alpha value is -3.69. The van der Waals surface area contributed by atoms with Gasteiger partial charge in [-0.05, 0) is 25.1 Å². The molecule has 3 aromatic rings. The number of pyridine rings is 1. The predicted octanol–water partition coefficient (Wildman–Crippen LogP) is 2.26. The van der Waals surface area contributed by atoms with Crippen LogP contribution in [0.4, 0.5) is 11.6 Å². The maximum atomic E-state index is 12.1. The number of carbonyl (C=O) groups is 2. The summed E-state index contributed by atoms with van der Waals surface area (Å²) in [5.41, 5.74) is 1.07. The molecule has 0 aliphatic heterocycles. The highest BCUT2D eigenvalue weighted by Gasteiger charge is 2.18. The second kappa shape index (κ2) is 6.43. The molecule has 0 saturated carbocycles. The van der Waals surface area contributed by atoms with Gasteiger partial charge in [0.1, 0.15) is 10.5 Å². The molecule has 0 atom stereocenters. The Bertz CT molecular complexity index is 973. The van der Waals surface area contributed by atoms with Crippen LogP contribution in [0.1, 0.15) is 27.8 Å². The van der Waals surface area contributed by atoms with E-state index in [1.807, 2.05) is 0 Å². The zero-order valence-corrected chi connectivity index (χ0v) is 13.0. The van der Waals surface area contributed by atoms with Gasteiger partial charge < -0.3 is 14.5 Å². The molecule has 128 valence electrons. The molecule has 0 spiro atoms. The Morgan fingerprint density at radius 1 is 1.40 bits per heavy atom. The highest BCUT2D eigenvalue weighted by Crippen LogP contribution is 2.20. The van der Waals surface area contributed by atoms with Crippen molar-refractivity contribution < 1.29 is 23.7 Å². The molecule has 25 heavy (non-hydrogen) atoms. The number of nitro groups is 1. The fourth-order valence-electron chi connectivity index (χ4n) is 2.17. The maximum Gasteiger partial charge on any atom is 0.433 e. The third-order valence-electron chi connectivity index (χ3n) is 3.27. The fourth-order valence-corrected chi connectivity index (χ4v) is 2.17. The molecule has 3 aromatic heterocycles. The molecule has 0 aromatic carbocycles. The molecule has 10 heteroatoms. The molecule has 0 fully saturated rings.